The molecule has 6 heteroatoms. The molecule has 0 saturated heterocycles. The monoisotopic (exact) mass is 226 g/mol. The van der Waals surface area contributed by atoms with Crippen molar-refractivity contribution >= 4 is 5.88 Å². The van der Waals surface area contributed by atoms with E-state index in [9.17, 15) is 15.2 Å². The Kier molecular flexibility index (Phi) is 2.69. The van der Waals surface area contributed by atoms with E-state index in [1.54, 1.807) is 6.07 Å². The van der Waals surface area contributed by atoms with Crippen LogP contribution in [0.4, 0.5) is 5.88 Å². The quantitative estimate of drug-likeness (QED) is 0.584. The van der Waals surface area contributed by atoms with E-state index in [-0.39, 0.29) is 12.0 Å². The lowest BCUT2D eigenvalue weighted by Gasteiger charge is -2.33. The minimum Gasteiger partial charge on any atom is -0.404 e. The van der Waals surface area contributed by atoms with Gasteiger partial charge in [0.25, 0.3) is 0 Å². The molecular weight excluding hydrogens is 212 g/mol. The van der Waals surface area contributed by atoms with Gasteiger partial charge in [0.2, 0.25) is 0 Å². The number of nitro groups is 1. The van der Waals surface area contributed by atoms with Gasteiger partial charge in [0.15, 0.2) is 0 Å². The van der Waals surface area contributed by atoms with Crippen LogP contribution in [0.1, 0.15) is 31.4 Å². The Morgan fingerprint density at radius 2 is 2.12 bits per heavy atom. The number of aliphatic hydroxyl groups excluding tert-OH is 1. The molecule has 0 amide bonds. The van der Waals surface area contributed by atoms with E-state index < -0.39 is 10.5 Å². The van der Waals surface area contributed by atoms with Gasteiger partial charge in [-0.15, -0.1) is 0 Å². The van der Waals surface area contributed by atoms with Gasteiger partial charge in [0.1, 0.15) is 10.7 Å². The van der Waals surface area contributed by atoms with Gasteiger partial charge < -0.3 is 15.3 Å². The van der Waals surface area contributed by atoms with E-state index in [2.05, 4.69) is 0 Å². The van der Waals surface area contributed by atoms with Crippen LogP contribution >= 0.6 is 0 Å². The average molecular weight is 226 g/mol. The number of hydrogen-bond acceptors (Lipinski definition) is 5. The molecule has 88 valence electrons. The summed E-state index contributed by atoms with van der Waals surface area (Å²) >= 11 is 0. The maximum absolute atomic E-state index is 10.5. The van der Waals surface area contributed by atoms with Gasteiger partial charge >= 0.3 is 5.88 Å². The van der Waals surface area contributed by atoms with Crippen molar-refractivity contribution in [2.75, 3.05) is 0 Å². The van der Waals surface area contributed by atoms with E-state index >= 15 is 0 Å². The highest BCUT2D eigenvalue weighted by Gasteiger charge is 2.36. The predicted molar refractivity (Wildman–Crippen MR) is 55.7 cm³/mol. The van der Waals surface area contributed by atoms with Crippen molar-refractivity contribution in [3.05, 3.63) is 28.0 Å². The zero-order valence-corrected chi connectivity index (χ0v) is 8.76. The molecule has 0 atom stereocenters. The first-order chi connectivity index (χ1) is 7.51. The summed E-state index contributed by atoms with van der Waals surface area (Å²) in [7, 11) is 0. The highest BCUT2D eigenvalue weighted by atomic mass is 16.6. The third-order valence-electron chi connectivity index (χ3n) is 3.11. The lowest BCUT2D eigenvalue weighted by atomic mass is 9.79. The van der Waals surface area contributed by atoms with Gasteiger partial charge in [-0.1, -0.05) is 0 Å². The van der Waals surface area contributed by atoms with Crippen LogP contribution in [0.2, 0.25) is 0 Å². The molecule has 0 radical (unpaired) electrons. The van der Waals surface area contributed by atoms with E-state index in [1.807, 2.05) is 0 Å². The maximum atomic E-state index is 10.5. The van der Waals surface area contributed by atoms with Crippen LogP contribution in [0.5, 0.6) is 0 Å². The Labute approximate surface area is 92.2 Å². The molecule has 16 heavy (non-hydrogen) atoms. The number of nitrogens with two attached hydrogens (primary N) is 1. The summed E-state index contributed by atoms with van der Waals surface area (Å²) in [6.07, 6.45) is 2.05. The van der Waals surface area contributed by atoms with Gasteiger partial charge in [-0.05, 0) is 31.7 Å². The third kappa shape index (κ3) is 1.94. The molecule has 0 spiro atoms. The number of hydrogen-bond donors (Lipinski definition) is 2. The largest absolute Gasteiger partial charge is 0.433 e. The van der Waals surface area contributed by atoms with Crippen molar-refractivity contribution in [1.82, 2.24) is 0 Å². The maximum Gasteiger partial charge on any atom is 0.433 e. The first-order valence-corrected chi connectivity index (χ1v) is 5.23. The molecule has 1 aliphatic rings. The number of furan rings is 1. The number of nitrogens with zero attached hydrogens (tertiary/aromatic N) is 1. The Bertz CT molecular complexity index is 393. The zero-order valence-electron chi connectivity index (χ0n) is 8.76. The molecule has 0 bridgehead atoms. The molecule has 1 aromatic rings. The van der Waals surface area contributed by atoms with E-state index in [1.165, 1.54) is 6.07 Å². The second-order valence-corrected chi connectivity index (χ2v) is 4.28. The van der Waals surface area contributed by atoms with Crippen LogP contribution in [-0.4, -0.2) is 16.1 Å². The van der Waals surface area contributed by atoms with Gasteiger partial charge in [-0.3, -0.25) is 10.1 Å². The predicted octanol–water partition coefficient (Wildman–Crippen LogP) is 1.28. The van der Waals surface area contributed by atoms with Gasteiger partial charge in [-0.2, -0.15) is 0 Å². The van der Waals surface area contributed by atoms with Crippen molar-refractivity contribution in [2.24, 2.45) is 5.73 Å². The normalized spacial score (nSPS) is 30.2. The second-order valence-electron chi connectivity index (χ2n) is 4.28. The fraction of sp³-hybridized carbons (Fsp3) is 0.600. The summed E-state index contributed by atoms with van der Waals surface area (Å²) < 4.78 is 5.12. The van der Waals surface area contributed by atoms with Crippen LogP contribution in [0.15, 0.2) is 16.5 Å². The lowest BCUT2D eigenvalue weighted by Crippen LogP contribution is -2.41. The smallest absolute Gasteiger partial charge is 0.404 e. The molecule has 0 aliphatic heterocycles. The number of aliphatic hydroxyl groups is 1. The molecule has 1 aliphatic carbocycles. The third-order valence-corrected chi connectivity index (χ3v) is 3.11. The molecule has 1 aromatic heterocycles. The Balaban J connectivity index is 2.19. The highest BCUT2D eigenvalue weighted by molar-refractivity contribution is 5.23. The lowest BCUT2D eigenvalue weighted by molar-refractivity contribution is -0.402. The Morgan fingerprint density at radius 3 is 2.62 bits per heavy atom. The average Bonchev–Trinajstić information content (AvgIpc) is 2.72. The fourth-order valence-corrected chi connectivity index (χ4v) is 2.06. The molecule has 0 aromatic carbocycles. The summed E-state index contributed by atoms with van der Waals surface area (Å²) in [6, 6.07) is 2.87. The molecule has 0 unspecified atom stereocenters. The van der Waals surface area contributed by atoms with E-state index in [0.29, 0.717) is 31.4 Å². The number of rotatable bonds is 2. The van der Waals surface area contributed by atoms with Crippen molar-refractivity contribution in [3.63, 3.8) is 0 Å². The summed E-state index contributed by atoms with van der Waals surface area (Å²) in [5.74, 6) is 0.150. The first kappa shape index (κ1) is 11.1. The van der Waals surface area contributed by atoms with Crippen molar-refractivity contribution in [2.45, 2.75) is 37.3 Å². The molecule has 1 fully saturated rings. The molecule has 3 N–H and O–H groups in total. The van der Waals surface area contributed by atoms with Gasteiger partial charge in [-0.25, -0.2) is 0 Å². The van der Waals surface area contributed by atoms with E-state index in [0.717, 1.165) is 0 Å². The topological polar surface area (TPSA) is 103 Å². The molecular formula is C10H14N2O4. The summed E-state index contributed by atoms with van der Waals surface area (Å²) in [5.41, 5.74) is 5.46. The molecule has 6 nitrogen and oxygen atoms in total. The standard InChI is InChI=1S/C10H14N2O4/c11-10(5-3-7(13)4-6-10)8-1-2-9(16-8)12(14)15/h1-2,7,13H,3-6,11H2. The van der Waals surface area contributed by atoms with E-state index in [4.69, 9.17) is 10.2 Å². The summed E-state index contributed by atoms with van der Waals surface area (Å²) in [6.45, 7) is 0. The van der Waals surface area contributed by atoms with Crippen LogP contribution in [0.3, 0.4) is 0 Å². The Hall–Kier alpha value is -1.40. The minimum absolute atomic E-state index is 0.286. The van der Waals surface area contributed by atoms with Gasteiger partial charge in [0, 0.05) is 0 Å². The van der Waals surface area contributed by atoms with Crippen LogP contribution in [0, 0.1) is 10.1 Å². The minimum atomic E-state index is -0.673. The zero-order chi connectivity index (χ0) is 11.8. The molecule has 1 saturated carbocycles. The van der Waals surface area contributed by atoms with Crippen LogP contribution in [-0.2, 0) is 5.54 Å². The Morgan fingerprint density at radius 1 is 1.50 bits per heavy atom. The highest BCUT2D eigenvalue weighted by Crippen LogP contribution is 2.36. The van der Waals surface area contributed by atoms with Gasteiger partial charge in [0.05, 0.1) is 17.7 Å². The first-order valence-electron chi connectivity index (χ1n) is 5.23. The van der Waals surface area contributed by atoms with Crippen LogP contribution in [0.25, 0.3) is 0 Å². The van der Waals surface area contributed by atoms with Crippen molar-refractivity contribution < 1.29 is 14.4 Å². The van der Waals surface area contributed by atoms with Crippen molar-refractivity contribution in [3.8, 4) is 0 Å². The fourth-order valence-electron chi connectivity index (χ4n) is 2.06. The van der Waals surface area contributed by atoms with Crippen molar-refractivity contribution in [1.29, 1.82) is 0 Å². The molecule has 1 heterocycles. The second kappa shape index (κ2) is 3.88. The summed E-state index contributed by atoms with van der Waals surface area (Å²) in [5, 5.41) is 19.9. The SMILES string of the molecule is NC1(c2ccc([N+](=O)[O-])o2)CCC(O)CC1. The van der Waals surface area contributed by atoms with Crippen LogP contribution < -0.4 is 5.73 Å². The molecule has 2 rings (SSSR count). The summed E-state index contributed by atoms with van der Waals surface area (Å²) in [4.78, 5) is 9.91.